The second-order valence-electron chi connectivity index (χ2n) is 4.56. The average molecular weight is 252 g/mol. The van der Waals surface area contributed by atoms with Crippen molar-refractivity contribution in [2.75, 3.05) is 5.32 Å². The fourth-order valence-electron chi connectivity index (χ4n) is 2.52. The predicted octanol–water partition coefficient (Wildman–Crippen LogP) is 1.91. The maximum atomic E-state index is 12.1. The van der Waals surface area contributed by atoms with Gasteiger partial charge in [0, 0.05) is 11.9 Å². The number of nitriles is 1. The lowest BCUT2D eigenvalue weighted by molar-refractivity contribution is -0.117. The van der Waals surface area contributed by atoms with Gasteiger partial charge in [-0.1, -0.05) is 6.07 Å². The highest BCUT2D eigenvalue weighted by Gasteiger charge is 2.36. The molecule has 94 valence electrons. The molecule has 19 heavy (non-hydrogen) atoms. The number of fused-ring (bicyclic) bond motifs is 1. The standard InChI is InChI=1S/C14H12N4O/c1-8-9(2)18-12(11-5-3-4-6-16-11)14(19)17-13(18)10(8)7-15/h3-6,12H,1-2H3,(H,17,19). The van der Waals surface area contributed by atoms with Crippen molar-refractivity contribution in [1.82, 2.24) is 9.55 Å². The Balaban J connectivity index is 2.24. The van der Waals surface area contributed by atoms with Gasteiger partial charge < -0.3 is 9.88 Å². The molecular formula is C14H12N4O. The molecule has 1 unspecified atom stereocenters. The molecule has 5 heteroatoms. The number of pyridine rings is 1. The van der Waals surface area contributed by atoms with Gasteiger partial charge in [-0.2, -0.15) is 5.26 Å². The van der Waals surface area contributed by atoms with Crippen LogP contribution in [0.5, 0.6) is 0 Å². The topological polar surface area (TPSA) is 70.7 Å². The van der Waals surface area contributed by atoms with E-state index in [4.69, 9.17) is 0 Å². The Morgan fingerprint density at radius 3 is 2.84 bits per heavy atom. The second kappa shape index (κ2) is 3.95. The SMILES string of the molecule is Cc1c(C#N)c2n(c1C)C(c1ccccn1)C(=O)N2. The van der Waals surface area contributed by atoms with Crippen LogP contribution >= 0.6 is 0 Å². The van der Waals surface area contributed by atoms with E-state index in [2.05, 4.69) is 16.4 Å². The van der Waals surface area contributed by atoms with Crippen LogP contribution in [-0.4, -0.2) is 15.5 Å². The number of anilines is 1. The van der Waals surface area contributed by atoms with E-state index in [0.29, 0.717) is 17.1 Å². The number of amides is 1. The van der Waals surface area contributed by atoms with E-state index in [0.717, 1.165) is 11.3 Å². The van der Waals surface area contributed by atoms with Crippen molar-refractivity contribution < 1.29 is 4.79 Å². The molecule has 3 rings (SSSR count). The first-order chi connectivity index (χ1) is 9.15. The molecule has 0 spiro atoms. The van der Waals surface area contributed by atoms with Crippen LogP contribution in [0.15, 0.2) is 24.4 Å². The Morgan fingerprint density at radius 1 is 1.42 bits per heavy atom. The highest BCUT2D eigenvalue weighted by molar-refractivity contribution is 6.01. The summed E-state index contributed by atoms with van der Waals surface area (Å²) in [7, 11) is 0. The number of aromatic nitrogens is 2. The molecule has 0 aromatic carbocycles. The van der Waals surface area contributed by atoms with E-state index in [9.17, 15) is 10.1 Å². The molecule has 1 aliphatic heterocycles. The van der Waals surface area contributed by atoms with Crippen LogP contribution < -0.4 is 5.32 Å². The summed E-state index contributed by atoms with van der Waals surface area (Å²) >= 11 is 0. The van der Waals surface area contributed by atoms with E-state index in [1.54, 1.807) is 6.20 Å². The molecule has 1 amide bonds. The lowest BCUT2D eigenvalue weighted by Crippen LogP contribution is -2.19. The van der Waals surface area contributed by atoms with Crippen LogP contribution in [0.3, 0.4) is 0 Å². The molecule has 3 heterocycles. The maximum Gasteiger partial charge on any atom is 0.254 e. The summed E-state index contributed by atoms with van der Waals surface area (Å²) in [5.74, 6) is 0.437. The van der Waals surface area contributed by atoms with Gasteiger partial charge >= 0.3 is 0 Å². The number of rotatable bonds is 1. The molecule has 1 aliphatic rings. The quantitative estimate of drug-likeness (QED) is 0.842. The van der Waals surface area contributed by atoms with Crippen molar-refractivity contribution in [2.24, 2.45) is 0 Å². The minimum atomic E-state index is -0.489. The summed E-state index contributed by atoms with van der Waals surface area (Å²) < 4.78 is 1.86. The van der Waals surface area contributed by atoms with Gasteiger partial charge in [-0.25, -0.2) is 0 Å². The third-order valence-corrected chi connectivity index (χ3v) is 3.58. The van der Waals surface area contributed by atoms with E-state index in [-0.39, 0.29) is 5.91 Å². The van der Waals surface area contributed by atoms with Crippen LogP contribution in [-0.2, 0) is 4.79 Å². The minimum absolute atomic E-state index is 0.145. The number of hydrogen-bond acceptors (Lipinski definition) is 3. The molecule has 0 radical (unpaired) electrons. The van der Waals surface area contributed by atoms with E-state index in [1.165, 1.54) is 0 Å². The number of carbonyl (C=O) groups excluding carboxylic acids is 1. The van der Waals surface area contributed by atoms with Gasteiger partial charge in [0.1, 0.15) is 11.9 Å². The first-order valence-electron chi connectivity index (χ1n) is 5.98. The highest BCUT2D eigenvalue weighted by Crippen LogP contribution is 2.37. The zero-order valence-electron chi connectivity index (χ0n) is 10.6. The molecule has 0 bridgehead atoms. The zero-order chi connectivity index (χ0) is 13.6. The van der Waals surface area contributed by atoms with Gasteiger partial charge in [0.05, 0.1) is 11.3 Å². The normalized spacial score (nSPS) is 16.9. The summed E-state index contributed by atoms with van der Waals surface area (Å²) in [5, 5.41) is 12.0. The van der Waals surface area contributed by atoms with Gasteiger partial charge in [-0.3, -0.25) is 9.78 Å². The van der Waals surface area contributed by atoms with Gasteiger partial charge in [-0.15, -0.1) is 0 Å². The summed E-state index contributed by atoms with van der Waals surface area (Å²) in [5.41, 5.74) is 3.03. The Kier molecular flexibility index (Phi) is 2.39. The lowest BCUT2D eigenvalue weighted by Gasteiger charge is -2.12. The molecule has 5 nitrogen and oxygen atoms in total. The molecule has 1 N–H and O–H groups in total. The zero-order valence-corrected chi connectivity index (χ0v) is 10.6. The van der Waals surface area contributed by atoms with Crippen molar-refractivity contribution in [1.29, 1.82) is 5.26 Å². The van der Waals surface area contributed by atoms with Crippen LogP contribution in [0.2, 0.25) is 0 Å². The van der Waals surface area contributed by atoms with Gasteiger partial charge in [0.2, 0.25) is 0 Å². The van der Waals surface area contributed by atoms with Crippen molar-refractivity contribution in [3.05, 3.63) is 46.9 Å². The molecule has 0 saturated heterocycles. The fraction of sp³-hybridized carbons (Fsp3) is 0.214. The van der Waals surface area contributed by atoms with Crippen LogP contribution in [0.25, 0.3) is 0 Å². The summed E-state index contributed by atoms with van der Waals surface area (Å²) in [6.45, 7) is 3.80. The Bertz CT molecular complexity index is 709. The largest absolute Gasteiger partial charge is 0.312 e. The van der Waals surface area contributed by atoms with Crippen LogP contribution in [0.4, 0.5) is 5.82 Å². The third kappa shape index (κ3) is 1.47. The molecule has 0 saturated carbocycles. The van der Waals surface area contributed by atoms with E-state index < -0.39 is 6.04 Å². The predicted molar refractivity (Wildman–Crippen MR) is 69.6 cm³/mol. The maximum absolute atomic E-state index is 12.1. The molecular weight excluding hydrogens is 240 g/mol. The van der Waals surface area contributed by atoms with Crippen molar-refractivity contribution >= 4 is 11.7 Å². The van der Waals surface area contributed by atoms with Crippen molar-refractivity contribution in [2.45, 2.75) is 19.9 Å². The Labute approximate surface area is 110 Å². The third-order valence-electron chi connectivity index (χ3n) is 3.58. The first kappa shape index (κ1) is 11.5. The van der Waals surface area contributed by atoms with Gasteiger partial charge in [0.25, 0.3) is 5.91 Å². The Hall–Kier alpha value is -2.61. The molecule has 2 aromatic rings. The monoisotopic (exact) mass is 252 g/mol. The van der Waals surface area contributed by atoms with Gasteiger partial charge in [0.15, 0.2) is 6.04 Å². The molecule has 0 fully saturated rings. The lowest BCUT2D eigenvalue weighted by atomic mass is 10.1. The summed E-state index contributed by atoms with van der Waals surface area (Å²) in [4.78, 5) is 16.4. The minimum Gasteiger partial charge on any atom is -0.312 e. The van der Waals surface area contributed by atoms with Crippen LogP contribution in [0.1, 0.15) is 28.6 Å². The molecule has 1 atom stereocenters. The highest BCUT2D eigenvalue weighted by atomic mass is 16.2. The number of carbonyl (C=O) groups is 1. The van der Waals surface area contributed by atoms with Gasteiger partial charge in [-0.05, 0) is 31.5 Å². The average Bonchev–Trinajstić information content (AvgIpc) is 2.86. The first-order valence-corrected chi connectivity index (χ1v) is 5.98. The molecule has 0 aliphatic carbocycles. The fourth-order valence-corrected chi connectivity index (χ4v) is 2.52. The number of nitrogens with zero attached hydrogens (tertiary/aromatic N) is 3. The number of hydrogen-bond donors (Lipinski definition) is 1. The molecule has 2 aromatic heterocycles. The van der Waals surface area contributed by atoms with E-state index >= 15 is 0 Å². The number of nitrogens with one attached hydrogen (secondary N) is 1. The Morgan fingerprint density at radius 2 is 2.21 bits per heavy atom. The van der Waals surface area contributed by atoms with Crippen molar-refractivity contribution in [3.8, 4) is 6.07 Å². The van der Waals surface area contributed by atoms with Crippen molar-refractivity contribution in [3.63, 3.8) is 0 Å². The van der Waals surface area contributed by atoms with E-state index in [1.807, 2.05) is 36.6 Å². The second-order valence-corrected chi connectivity index (χ2v) is 4.56. The van der Waals surface area contributed by atoms with Crippen LogP contribution in [0, 0.1) is 25.2 Å². The smallest absolute Gasteiger partial charge is 0.254 e. The summed E-state index contributed by atoms with van der Waals surface area (Å²) in [6, 6.07) is 7.15. The summed E-state index contributed by atoms with van der Waals surface area (Å²) in [6.07, 6.45) is 1.66.